The lowest BCUT2D eigenvalue weighted by molar-refractivity contribution is 0.803. The first-order valence-electron chi connectivity index (χ1n) is 5.22. The molecule has 0 fully saturated rings. The van der Waals surface area contributed by atoms with E-state index in [0.717, 1.165) is 25.2 Å². The second-order valence-electron chi connectivity index (χ2n) is 3.50. The van der Waals surface area contributed by atoms with E-state index < -0.39 is 0 Å². The van der Waals surface area contributed by atoms with E-state index in [1.807, 2.05) is 0 Å². The predicted molar refractivity (Wildman–Crippen MR) is 64.1 cm³/mol. The van der Waals surface area contributed by atoms with Gasteiger partial charge in [0.2, 0.25) is 5.95 Å². The highest BCUT2D eigenvalue weighted by Gasteiger charge is 1.99. The maximum absolute atomic E-state index is 5.55. The van der Waals surface area contributed by atoms with E-state index in [9.17, 15) is 0 Å². The van der Waals surface area contributed by atoms with Crippen molar-refractivity contribution in [2.75, 3.05) is 23.3 Å². The molecule has 0 amide bonds. The van der Waals surface area contributed by atoms with Crippen molar-refractivity contribution in [2.24, 2.45) is 0 Å². The highest BCUT2D eigenvalue weighted by molar-refractivity contribution is 5.48. The molecular formula is C9H14N8. The summed E-state index contributed by atoms with van der Waals surface area (Å²) in [7, 11) is 0. The minimum absolute atomic E-state index is 0.169. The Kier molecular flexibility index (Phi) is 3.34. The Bertz CT molecular complexity index is 446. The van der Waals surface area contributed by atoms with Gasteiger partial charge < -0.3 is 16.8 Å². The van der Waals surface area contributed by atoms with Gasteiger partial charge in [-0.2, -0.15) is 15.1 Å². The first-order valence-corrected chi connectivity index (χ1v) is 5.22. The molecule has 2 rings (SSSR count). The Morgan fingerprint density at radius 3 is 2.88 bits per heavy atom. The van der Waals surface area contributed by atoms with Gasteiger partial charge in [-0.1, -0.05) is 0 Å². The molecule has 0 unspecified atom stereocenters. The lowest BCUT2D eigenvalue weighted by atomic mass is 10.3. The topological polar surface area (TPSA) is 131 Å². The Labute approximate surface area is 97.9 Å². The third-order valence-corrected chi connectivity index (χ3v) is 2.12. The zero-order valence-electron chi connectivity index (χ0n) is 9.22. The number of H-pyrrole nitrogens is 1. The van der Waals surface area contributed by atoms with Crippen LogP contribution in [0.15, 0.2) is 12.4 Å². The van der Waals surface area contributed by atoms with Gasteiger partial charge in [-0.15, -0.1) is 0 Å². The van der Waals surface area contributed by atoms with E-state index in [0.29, 0.717) is 11.6 Å². The summed E-state index contributed by atoms with van der Waals surface area (Å²) in [6.07, 6.45) is 3.22. The van der Waals surface area contributed by atoms with Crippen LogP contribution in [-0.2, 0) is 6.42 Å². The Hall–Kier alpha value is -2.38. The molecule has 0 saturated heterocycles. The molecule has 0 aliphatic rings. The number of aryl methyl sites for hydroxylation is 1. The fourth-order valence-corrected chi connectivity index (χ4v) is 1.40. The van der Waals surface area contributed by atoms with Gasteiger partial charge in [0.15, 0.2) is 0 Å². The molecule has 0 spiro atoms. The Balaban J connectivity index is 1.78. The summed E-state index contributed by atoms with van der Waals surface area (Å²) in [5.74, 6) is 2.03. The standard InChI is InChI=1S/C9H14N8/c10-6-4-8(16-9(11)15-6)12-3-1-2-7-13-5-14-17-7/h4-5H,1-3H2,(H,13,14,17)(H5,10,11,12,15,16). The monoisotopic (exact) mass is 234 g/mol. The molecule has 8 nitrogen and oxygen atoms in total. The van der Waals surface area contributed by atoms with Crippen LogP contribution in [-0.4, -0.2) is 31.7 Å². The largest absolute Gasteiger partial charge is 0.383 e. The van der Waals surface area contributed by atoms with Crippen LogP contribution in [0, 0.1) is 0 Å². The van der Waals surface area contributed by atoms with Crippen LogP contribution >= 0.6 is 0 Å². The SMILES string of the molecule is Nc1cc(NCCCc2ncn[nH]2)nc(N)n1. The Morgan fingerprint density at radius 2 is 2.18 bits per heavy atom. The third-order valence-electron chi connectivity index (χ3n) is 2.12. The van der Waals surface area contributed by atoms with Crippen LogP contribution in [0.5, 0.6) is 0 Å². The highest BCUT2D eigenvalue weighted by atomic mass is 15.2. The van der Waals surface area contributed by atoms with E-state index in [-0.39, 0.29) is 5.95 Å². The molecule has 0 aliphatic heterocycles. The summed E-state index contributed by atoms with van der Waals surface area (Å²) in [5.41, 5.74) is 11.0. The number of rotatable bonds is 5. The molecule has 0 atom stereocenters. The molecule has 2 heterocycles. The zero-order valence-corrected chi connectivity index (χ0v) is 9.22. The first-order chi connectivity index (χ1) is 8.24. The van der Waals surface area contributed by atoms with Gasteiger partial charge in [0.05, 0.1) is 0 Å². The minimum atomic E-state index is 0.169. The highest BCUT2D eigenvalue weighted by Crippen LogP contribution is 2.09. The van der Waals surface area contributed by atoms with E-state index in [1.54, 1.807) is 6.07 Å². The van der Waals surface area contributed by atoms with Crippen molar-refractivity contribution in [1.29, 1.82) is 0 Å². The van der Waals surface area contributed by atoms with Gasteiger partial charge >= 0.3 is 0 Å². The summed E-state index contributed by atoms with van der Waals surface area (Å²) in [6, 6.07) is 1.64. The molecule has 0 aromatic carbocycles. The van der Waals surface area contributed by atoms with Gasteiger partial charge in [-0.25, -0.2) is 4.98 Å². The van der Waals surface area contributed by atoms with Crippen molar-refractivity contribution in [1.82, 2.24) is 25.1 Å². The lowest BCUT2D eigenvalue weighted by Gasteiger charge is -2.05. The van der Waals surface area contributed by atoms with Gasteiger partial charge in [-0.05, 0) is 6.42 Å². The molecule has 0 saturated carbocycles. The molecule has 0 bridgehead atoms. The molecule has 8 heteroatoms. The fraction of sp³-hybridized carbons (Fsp3) is 0.333. The van der Waals surface area contributed by atoms with Crippen molar-refractivity contribution in [3.8, 4) is 0 Å². The van der Waals surface area contributed by atoms with Crippen LogP contribution in [0.1, 0.15) is 12.2 Å². The zero-order chi connectivity index (χ0) is 12.1. The molecule has 2 aromatic heterocycles. The second-order valence-corrected chi connectivity index (χ2v) is 3.50. The number of nitrogens with two attached hydrogens (primary N) is 2. The number of aromatic amines is 1. The maximum atomic E-state index is 5.55. The normalized spacial score (nSPS) is 10.4. The third kappa shape index (κ3) is 3.30. The second kappa shape index (κ2) is 5.10. The maximum Gasteiger partial charge on any atom is 0.223 e. The summed E-state index contributed by atoms with van der Waals surface area (Å²) in [5, 5.41) is 9.69. The van der Waals surface area contributed by atoms with Crippen molar-refractivity contribution in [3.05, 3.63) is 18.2 Å². The average molecular weight is 234 g/mol. The van der Waals surface area contributed by atoms with E-state index in [1.165, 1.54) is 6.33 Å². The summed E-state index contributed by atoms with van der Waals surface area (Å²) >= 11 is 0. The number of anilines is 3. The number of hydrogen-bond acceptors (Lipinski definition) is 7. The molecule has 6 N–H and O–H groups in total. The molecule has 2 aromatic rings. The molecular weight excluding hydrogens is 220 g/mol. The van der Waals surface area contributed by atoms with Crippen LogP contribution < -0.4 is 16.8 Å². The smallest absolute Gasteiger partial charge is 0.223 e. The number of nitrogen functional groups attached to an aromatic ring is 2. The lowest BCUT2D eigenvalue weighted by Crippen LogP contribution is -2.08. The van der Waals surface area contributed by atoms with Gasteiger partial charge in [0.1, 0.15) is 23.8 Å². The van der Waals surface area contributed by atoms with Gasteiger partial charge in [0.25, 0.3) is 0 Å². The average Bonchev–Trinajstić information content (AvgIpc) is 2.76. The predicted octanol–water partition coefficient (Wildman–Crippen LogP) is -0.196. The molecule has 0 aliphatic carbocycles. The summed E-state index contributed by atoms with van der Waals surface area (Å²) in [6.45, 7) is 0.747. The van der Waals surface area contributed by atoms with Crippen molar-refractivity contribution < 1.29 is 0 Å². The van der Waals surface area contributed by atoms with E-state index in [4.69, 9.17) is 11.5 Å². The molecule has 17 heavy (non-hydrogen) atoms. The van der Waals surface area contributed by atoms with Crippen LogP contribution in [0.3, 0.4) is 0 Å². The number of aromatic nitrogens is 5. The number of nitrogens with one attached hydrogen (secondary N) is 2. The minimum Gasteiger partial charge on any atom is -0.383 e. The summed E-state index contributed by atoms with van der Waals surface area (Å²) < 4.78 is 0. The van der Waals surface area contributed by atoms with Gasteiger partial charge in [0, 0.05) is 19.0 Å². The van der Waals surface area contributed by atoms with Gasteiger partial charge in [-0.3, -0.25) is 5.10 Å². The number of hydrogen-bond donors (Lipinski definition) is 4. The fourth-order valence-electron chi connectivity index (χ4n) is 1.40. The van der Waals surface area contributed by atoms with E-state index >= 15 is 0 Å². The van der Waals surface area contributed by atoms with Crippen LogP contribution in [0.4, 0.5) is 17.6 Å². The molecule has 90 valence electrons. The van der Waals surface area contributed by atoms with Crippen molar-refractivity contribution in [2.45, 2.75) is 12.8 Å². The van der Waals surface area contributed by atoms with Crippen LogP contribution in [0.25, 0.3) is 0 Å². The quantitative estimate of drug-likeness (QED) is 0.527. The summed E-state index contributed by atoms with van der Waals surface area (Å²) in [4.78, 5) is 11.8. The van der Waals surface area contributed by atoms with E-state index in [2.05, 4.69) is 30.5 Å². The van der Waals surface area contributed by atoms with Crippen molar-refractivity contribution in [3.63, 3.8) is 0 Å². The Morgan fingerprint density at radius 1 is 1.29 bits per heavy atom. The molecule has 0 radical (unpaired) electrons. The van der Waals surface area contributed by atoms with Crippen LogP contribution in [0.2, 0.25) is 0 Å². The first kappa shape index (κ1) is 11.1. The number of nitrogens with zero attached hydrogens (tertiary/aromatic N) is 4. The van der Waals surface area contributed by atoms with Crippen molar-refractivity contribution >= 4 is 17.6 Å².